The van der Waals surface area contributed by atoms with E-state index in [-0.39, 0.29) is 29.8 Å². The number of nitrogen functional groups attached to an aromatic ring is 1. The molecule has 2 aromatic carbocycles. The maximum Gasteiger partial charge on any atom is 0.294 e. The Hall–Kier alpha value is -4.85. The van der Waals surface area contributed by atoms with E-state index < -0.39 is 5.91 Å². The number of hydrogen-bond acceptors (Lipinski definition) is 10. The quantitative estimate of drug-likeness (QED) is 0.202. The van der Waals surface area contributed by atoms with Crippen LogP contribution >= 0.6 is 0 Å². The molecule has 0 aliphatic heterocycles. The molecule has 0 fully saturated rings. The van der Waals surface area contributed by atoms with Gasteiger partial charge >= 0.3 is 0 Å². The number of carbonyl (C=O) groups excluding carboxylic acids is 1. The summed E-state index contributed by atoms with van der Waals surface area (Å²) in [7, 11) is 5.32. The van der Waals surface area contributed by atoms with Crippen molar-refractivity contribution in [2.75, 3.05) is 26.9 Å². The molecule has 4 rings (SSSR count). The molecule has 13 nitrogen and oxygen atoms in total. The van der Waals surface area contributed by atoms with Gasteiger partial charge in [-0.2, -0.15) is 9.78 Å². The largest absolute Gasteiger partial charge is 0.493 e. The van der Waals surface area contributed by atoms with Crippen LogP contribution in [0.25, 0.3) is 5.82 Å². The number of hydrogen-bond donors (Lipinski definition) is 3. The Labute approximate surface area is 210 Å². The van der Waals surface area contributed by atoms with Crippen LogP contribution in [0.1, 0.15) is 27.3 Å². The van der Waals surface area contributed by atoms with Crippen LogP contribution in [-0.4, -0.2) is 58.6 Å². The summed E-state index contributed by atoms with van der Waals surface area (Å²) in [5.41, 5.74) is 10.2. The fourth-order valence-corrected chi connectivity index (χ4v) is 3.32. The van der Waals surface area contributed by atoms with Crippen molar-refractivity contribution in [3.63, 3.8) is 0 Å². The number of anilines is 1. The summed E-state index contributed by atoms with van der Waals surface area (Å²) in [6.45, 7) is 0.635. The zero-order valence-electron chi connectivity index (χ0n) is 20.3. The molecule has 2 aromatic heterocycles. The molecule has 4 N–H and O–H groups in total. The van der Waals surface area contributed by atoms with Gasteiger partial charge in [0, 0.05) is 0 Å². The monoisotopic (exact) mass is 510 g/mol. The predicted molar refractivity (Wildman–Crippen MR) is 129 cm³/mol. The van der Waals surface area contributed by atoms with Gasteiger partial charge in [0.25, 0.3) is 5.91 Å². The summed E-state index contributed by atoms with van der Waals surface area (Å²) < 4.78 is 30.2. The number of methoxy groups -OCH3 is 1. The third-order valence-corrected chi connectivity index (χ3v) is 5.07. The Bertz CT molecular complexity index is 1400. The Kier molecular flexibility index (Phi) is 7.68. The highest BCUT2D eigenvalue weighted by Gasteiger charge is 2.25. The highest BCUT2D eigenvalue weighted by atomic mass is 19.1. The average molecular weight is 511 g/mol. The lowest BCUT2D eigenvalue weighted by atomic mass is 10.2. The number of quaternary nitrogens is 1. The number of ether oxygens (including phenoxy) is 2. The van der Waals surface area contributed by atoms with Crippen LogP contribution in [0.5, 0.6) is 11.5 Å². The second kappa shape index (κ2) is 11.3. The first-order valence-electron chi connectivity index (χ1n) is 11.1. The van der Waals surface area contributed by atoms with E-state index in [1.165, 1.54) is 30.1 Å². The minimum atomic E-state index is -0.569. The maximum absolute atomic E-state index is 13.1. The molecule has 2 heterocycles. The van der Waals surface area contributed by atoms with E-state index in [1.807, 2.05) is 14.1 Å². The van der Waals surface area contributed by atoms with Crippen LogP contribution in [0.4, 0.5) is 10.2 Å². The highest BCUT2D eigenvalue weighted by molar-refractivity contribution is 5.94. The molecule has 0 spiro atoms. The molecular weight excluding hydrogens is 485 g/mol. The minimum Gasteiger partial charge on any atom is -0.493 e. The van der Waals surface area contributed by atoms with Gasteiger partial charge in [-0.1, -0.05) is 17.3 Å². The fraction of sp³-hybridized carbons (Fsp3) is 0.217. The van der Waals surface area contributed by atoms with Gasteiger partial charge in [-0.15, -0.1) is 5.10 Å². The van der Waals surface area contributed by atoms with E-state index in [1.54, 1.807) is 30.3 Å². The Morgan fingerprint density at radius 2 is 2.00 bits per heavy atom. The number of nitrogens with one attached hydrogen (secondary N) is 2. The standard InChI is InChI=1S/C23H24FN9O4/c1-32(2)12-17-20(27-31-33(17)22-21(25)29-37-30-22)23(34)28-26-11-15-6-9-18(19(10-15)35-3)36-13-14-4-7-16(24)8-5-14/h4-11H,12-13H2,1-3H3,(H2,25,29)(H,28,34)/p+1/b26-11-. The van der Waals surface area contributed by atoms with E-state index in [9.17, 15) is 9.18 Å². The first-order valence-corrected chi connectivity index (χ1v) is 11.1. The summed E-state index contributed by atoms with van der Waals surface area (Å²) in [4.78, 5) is 13.8. The van der Waals surface area contributed by atoms with Gasteiger partial charge in [-0.05, 0) is 51.8 Å². The molecule has 0 atom stereocenters. The van der Waals surface area contributed by atoms with Crippen LogP contribution in [0.3, 0.4) is 0 Å². The third kappa shape index (κ3) is 6.05. The molecule has 0 radical (unpaired) electrons. The van der Waals surface area contributed by atoms with Crippen molar-refractivity contribution in [1.82, 2.24) is 30.7 Å². The average Bonchev–Trinajstić information content (AvgIpc) is 3.49. The number of aromatic nitrogens is 5. The van der Waals surface area contributed by atoms with Gasteiger partial charge in [-0.3, -0.25) is 4.79 Å². The number of amides is 1. The van der Waals surface area contributed by atoms with Gasteiger partial charge in [-0.25, -0.2) is 14.4 Å². The SMILES string of the molecule is COc1cc(/C=N\NC(=O)c2nnn(-c3nonc3N)c2C[NH+](C)C)ccc1OCc1ccc(F)cc1. The fourth-order valence-electron chi connectivity index (χ4n) is 3.32. The van der Waals surface area contributed by atoms with Crippen LogP contribution in [0.2, 0.25) is 0 Å². The van der Waals surface area contributed by atoms with Crippen molar-refractivity contribution < 1.29 is 28.2 Å². The summed E-state index contributed by atoms with van der Waals surface area (Å²) >= 11 is 0. The molecule has 4 aromatic rings. The van der Waals surface area contributed by atoms with Gasteiger partial charge in [0.15, 0.2) is 17.2 Å². The number of nitrogens with two attached hydrogens (primary N) is 1. The minimum absolute atomic E-state index is 0.0175. The maximum atomic E-state index is 13.1. The van der Waals surface area contributed by atoms with Crippen LogP contribution in [0.15, 0.2) is 52.2 Å². The summed E-state index contributed by atoms with van der Waals surface area (Å²) in [5, 5.41) is 19.2. The van der Waals surface area contributed by atoms with E-state index in [0.29, 0.717) is 29.3 Å². The summed E-state index contributed by atoms with van der Waals surface area (Å²) in [6.07, 6.45) is 1.45. The number of halogens is 1. The number of benzene rings is 2. The van der Waals surface area contributed by atoms with Crippen molar-refractivity contribution in [3.8, 4) is 17.3 Å². The summed E-state index contributed by atoms with van der Waals surface area (Å²) in [6, 6.07) is 11.2. The molecule has 0 unspecified atom stereocenters. The van der Waals surface area contributed by atoms with Crippen molar-refractivity contribution in [2.45, 2.75) is 13.2 Å². The smallest absolute Gasteiger partial charge is 0.294 e. The number of carbonyl (C=O) groups is 1. The Morgan fingerprint density at radius 1 is 1.22 bits per heavy atom. The summed E-state index contributed by atoms with van der Waals surface area (Å²) in [5.74, 6) is 0.246. The van der Waals surface area contributed by atoms with Crippen molar-refractivity contribution in [3.05, 3.63) is 70.8 Å². The van der Waals surface area contributed by atoms with E-state index in [0.717, 1.165) is 10.5 Å². The predicted octanol–water partition coefficient (Wildman–Crippen LogP) is 0.368. The lowest BCUT2D eigenvalue weighted by Gasteiger charge is -2.11. The molecule has 14 heteroatoms. The van der Waals surface area contributed by atoms with Gasteiger partial charge < -0.3 is 20.1 Å². The van der Waals surface area contributed by atoms with E-state index in [2.05, 4.69) is 35.8 Å². The molecule has 0 saturated carbocycles. The van der Waals surface area contributed by atoms with E-state index >= 15 is 0 Å². The zero-order chi connectivity index (χ0) is 26.4. The Balaban J connectivity index is 1.45. The second-order valence-electron chi connectivity index (χ2n) is 8.18. The number of hydrazone groups is 1. The molecule has 192 valence electrons. The van der Waals surface area contributed by atoms with Gasteiger partial charge in [0.2, 0.25) is 11.6 Å². The van der Waals surface area contributed by atoms with E-state index in [4.69, 9.17) is 15.2 Å². The molecule has 0 saturated heterocycles. The van der Waals surface area contributed by atoms with Crippen LogP contribution < -0.4 is 25.5 Å². The topological polar surface area (TPSA) is 160 Å². The van der Waals surface area contributed by atoms with Gasteiger partial charge in [0.1, 0.15) is 24.7 Å². The van der Waals surface area contributed by atoms with Gasteiger partial charge in [0.05, 0.1) is 27.4 Å². The third-order valence-electron chi connectivity index (χ3n) is 5.07. The lowest BCUT2D eigenvalue weighted by molar-refractivity contribution is -0.873. The molecule has 0 aliphatic carbocycles. The highest BCUT2D eigenvalue weighted by Crippen LogP contribution is 2.28. The van der Waals surface area contributed by atoms with Crippen molar-refractivity contribution in [1.29, 1.82) is 0 Å². The number of rotatable bonds is 10. The molecule has 37 heavy (non-hydrogen) atoms. The second-order valence-corrected chi connectivity index (χ2v) is 8.18. The van der Waals surface area contributed by atoms with Crippen molar-refractivity contribution in [2.24, 2.45) is 5.10 Å². The van der Waals surface area contributed by atoms with Crippen molar-refractivity contribution >= 4 is 17.9 Å². The Morgan fingerprint density at radius 3 is 2.68 bits per heavy atom. The first kappa shape index (κ1) is 25.2. The molecule has 0 aliphatic rings. The molecular formula is C23H25FN9O4+. The first-order chi connectivity index (χ1) is 17.9. The normalized spacial score (nSPS) is 11.3. The van der Waals surface area contributed by atoms with Crippen LogP contribution in [-0.2, 0) is 13.2 Å². The molecule has 1 amide bonds. The number of nitrogens with zero attached hydrogens (tertiary/aromatic N) is 6. The zero-order valence-corrected chi connectivity index (χ0v) is 20.3. The molecule has 0 bridgehead atoms. The lowest BCUT2D eigenvalue weighted by Crippen LogP contribution is -3.04. The van der Waals surface area contributed by atoms with Crippen LogP contribution in [0, 0.1) is 5.82 Å².